The Morgan fingerprint density at radius 1 is 1.09 bits per heavy atom. The van der Waals surface area contributed by atoms with Crippen LogP contribution in [0.15, 0.2) is 28.7 Å². The third kappa shape index (κ3) is 7.65. The third-order valence-corrected chi connectivity index (χ3v) is 6.14. The first-order valence-corrected chi connectivity index (χ1v) is 12.4. The van der Waals surface area contributed by atoms with E-state index in [4.69, 9.17) is 18.6 Å². The number of hydrogen-bond acceptors (Lipinski definition) is 6. The number of aliphatic carboxylic acids is 1. The highest BCUT2D eigenvalue weighted by molar-refractivity contribution is 5.72. The Hall–Kier alpha value is -2.22. The van der Waals surface area contributed by atoms with Crippen LogP contribution in [0.1, 0.15) is 76.3 Å². The molecule has 1 aliphatic carbocycles. The predicted octanol–water partition coefficient (Wildman–Crippen LogP) is 5.74. The summed E-state index contributed by atoms with van der Waals surface area (Å²) in [6.07, 6.45) is 2.64. The Kier molecular flexibility index (Phi) is 9.68. The Balaban J connectivity index is 1.50. The zero-order chi connectivity index (χ0) is 24.7. The molecule has 7 heteroatoms. The van der Waals surface area contributed by atoms with Crippen LogP contribution in [0.2, 0.25) is 0 Å². The zero-order valence-corrected chi connectivity index (χ0v) is 21.1. The van der Waals surface area contributed by atoms with Crippen LogP contribution < -0.4 is 0 Å². The average molecular weight is 474 g/mol. The number of hydrogen-bond donors (Lipinski definition) is 1. The fourth-order valence-corrected chi connectivity index (χ4v) is 4.02. The highest BCUT2D eigenvalue weighted by atomic mass is 16.6. The molecule has 0 amide bonds. The maximum Gasteiger partial charge on any atom is 0.335 e. The number of carboxylic acids is 1. The van der Waals surface area contributed by atoms with Gasteiger partial charge in [-0.2, -0.15) is 0 Å². The van der Waals surface area contributed by atoms with Crippen molar-refractivity contribution < 1.29 is 28.5 Å². The smallest absolute Gasteiger partial charge is 0.335 e. The molecule has 1 aromatic carbocycles. The summed E-state index contributed by atoms with van der Waals surface area (Å²) in [6.45, 7) is 11.1. The molecular formula is C27H39NO6. The fourth-order valence-electron chi connectivity index (χ4n) is 4.02. The van der Waals surface area contributed by atoms with Crippen molar-refractivity contribution in [2.75, 3.05) is 13.2 Å². The van der Waals surface area contributed by atoms with E-state index >= 15 is 0 Å². The average Bonchev–Trinajstić information content (AvgIpc) is 3.18. The molecule has 1 aliphatic rings. The summed E-state index contributed by atoms with van der Waals surface area (Å²) in [7, 11) is 0. The minimum absolute atomic E-state index is 0.0308. The van der Waals surface area contributed by atoms with Gasteiger partial charge in [0.2, 0.25) is 5.89 Å². The first-order valence-electron chi connectivity index (χ1n) is 12.4. The molecular weight excluding hydrogens is 434 g/mol. The largest absolute Gasteiger partial charge is 0.479 e. The molecule has 1 unspecified atom stereocenters. The van der Waals surface area contributed by atoms with Gasteiger partial charge < -0.3 is 23.7 Å². The standard InChI is InChI=1S/C27H39NO6/c1-17(2)14-33-25(27(29)30)16-32-23-8-6-7-22(13-23)31-15-24-19(5)34-26(28-24)21-11-9-20(10-12-21)18(3)4/h9-12,17-18,22-23,25H,6-8,13-16H2,1-5H3,(H,29,30)/t22-,23+,25?/m0/s1. The minimum atomic E-state index is -0.986. The van der Waals surface area contributed by atoms with Gasteiger partial charge in [-0.1, -0.05) is 39.8 Å². The van der Waals surface area contributed by atoms with Gasteiger partial charge in [0.05, 0.1) is 32.0 Å². The van der Waals surface area contributed by atoms with Crippen LogP contribution in [0.4, 0.5) is 0 Å². The Morgan fingerprint density at radius 2 is 1.76 bits per heavy atom. The van der Waals surface area contributed by atoms with E-state index in [9.17, 15) is 9.90 Å². The molecule has 3 atom stereocenters. The van der Waals surface area contributed by atoms with Crippen molar-refractivity contribution in [1.82, 2.24) is 4.98 Å². The monoisotopic (exact) mass is 473 g/mol. The van der Waals surface area contributed by atoms with Gasteiger partial charge in [-0.25, -0.2) is 9.78 Å². The SMILES string of the molecule is Cc1oc(-c2ccc(C(C)C)cc2)nc1CO[C@H]1CCC[C@@H](OCC(OCC(C)C)C(=O)O)C1. The molecule has 0 saturated heterocycles. The Labute approximate surface area is 202 Å². The summed E-state index contributed by atoms with van der Waals surface area (Å²) in [4.78, 5) is 16.1. The van der Waals surface area contributed by atoms with E-state index in [0.29, 0.717) is 25.0 Å². The summed E-state index contributed by atoms with van der Waals surface area (Å²) >= 11 is 0. The lowest BCUT2D eigenvalue weighted by molar-refractivity contribution is -0.158. The number of carbonyl (C=O) groups is 1. The lowest BCUT2D eigenvalue weighted by atomic mass is 9.95. The molecule has 188 valence electrons. The number of aromatic nitrogens is 1. The maximum atomic E-state index is 11.4. The van der Waals surface area contributed by atoms with Crippen molar-refractivity contribution in [3.63, 3.8) is 0 Å². The molecule has 0 bridgehead atoms. The third-order valence-electron chi connectivity index (χ3n) is 6.14. The van der Waals surface area contributed by atoms with Crippen molar-refractivity contribution in [3.8, 4) is 11.5 Å². The van der Waals surface area contributed by atoms with Gasteiger partial charge in [0.15, 0.2) is 6.10 Å². The lowest BCUT2D eigenvalue weighted by Gasteiger charge is -2.30. The van der Waals surface area contributed by atoms with Gasteiger partial charge >= 0.3 is 5.97 Å². The van der Waals surface area contributed by atoms with E-state index in [-0.39, 0.29) is 24.7 Å². The second kappa shape index (κ2) is 12.5. The van der Waals surface area contributed by atoms with Crippen molar-refractivity contribution in [1.29, 1.82) is 0 Å². The van der Waals surface area contributed by atoms with Crippen LogP contribution in [-0.2, 0) is 25.6 Å². The molecule has 7 nitrogen and oxygen atoms in total. The van der Waals surface area contributed by atoms with Crippen LogP contribution in [0.25, 0.3) is 11.5 Å². The van der Waals surface area contributed by atoms with E-state index in [0.717, 1.165) is 42.7 Å². The van der Waals surface area contributed by atoms with Gasteiger partial charge in [0, 0.05) is 5.56 Å². The quantitative estimate of drug-likeness (QED) is 0.420. The fraction of sp³-hybridized carbons (Fsp3) is 0.630. The molecule has 1 aromatic heterocycles. The molecule has 0 aliphatic heterocycles. The molecule has 1 N–H and O–H groups in total. The van der Waals surface area contributed by atoms with Crippen molar-refractivity contribution >= 4 is 5.97 Å². The highest BCUT2D eigenvalue weighted by Gasteiger charge is 2.27. The Bertz CT molecular complexity index is 904. The zero-order valence-electron chi connectivity index (χ0n) is 21.1. The molecule has 1 saturated carbocycles. The summed E-state index contributed by atoms with van der Waals surface area (Å²) in [5, 5.41) is 9.38. The van der Waals surface area contributed by atoms with Crippen LogP contribution in [0, 0.1) is 12.8 Å². The van der Waals surface area contributed by atoms with Gasteiger partial charge in [-0.05, 0) is 62.1 Å². The molecule has 1 fully saturated rings. The van der Waals surface area contributed by atoms with E-state index in [1.165, 1.54) is 5.56 Å². The summed E-state index contributed by atoms with van der Waals surface area (Å²) in [5.41, 5.74) is 3.04. The molecule has 2 aromatic rings. The van der Waals surface area contributed by atoms with E-state index in [1.807, 2.05) is 32.9 Å². The number of aryl methyl sites for hydroxylation is 1. The minimum Gasteiger partial charge on any atom is -0.479 e. The second-order valence-electron chi connectivity index (χ2n) is 9.91. The van der Waals surface area contributed by atoms with Gasteiger partial charge in [0.25, 0.3) is 0 Å². The highest BCUT2D eigenvalue weighted by Crippen LogP contribution is 2.27. The number of oxazole rings is 1. The number of nitrogens with zero attached hydrogens (tertiary/aromatic N) is 1. The number of ether oxygens (including phenoxy) is 3. The first kappa shape index (κ1) is 26.4. The summed E-state index contributed by atoms with van der Waals surface area (Å²) in [6, 6.07) is 8.31. The van der Waals surface area contributed by atoms with E-state index in [1.54, 1.807) is 0 Å². The molecule has 3 rings (SSSR count). The molecule has 0 radical (unpaired) electrons. The van der Waals surface area contributed by atoms with Crippen LogP contribution in [0.3, 0.4) is 0 Å². The van der Waals surface area contributed by atoms with E-state index < -0.39 is 12.1 Å². The molecule has 0 spiro atoms. The number of rotatable bonds is 12. The second-order valence-corrected chi connectivity index (χ2v) is 9.91. The lowest BCUT2D eigenvalue weighted by Crippen LogP contribution is -2.35. The normalized spacial score (nSPS) is 19.6. The molecule has 1 heterocycles. The van der Waals surface area contributed by atoms with Gasteiger partial charge in [0.1, 0.15) is 11.5 Å². The van der Waals surface area contributed by atoms with Crippen molar-refractivity contribution in [2.24, 2.45) is 5.92 Å². The first-order chi connectivity index (χ1) is 16.2. The molecule has 34 heavy (non-hydrogen) atoms. The van der Waals surface area contributed by atoms with Crippen LogP contribution >= 0.6 is 0 Å². The number of carboxylic acid groups (broad SMARTS) is 1. The van der Waals surface area contributed by atoms with Crippen molar-refractivity contribution in [3.05, 3.63) is 41.3 Å². The van der Waals surface area contributed by atoms with E-state index in [2.05, 4.69) is 31.0 Å². The predicted molar refractivity (Wildman–Crippen MR) is 130 cm³/mol. The summed E-state index contributed by atoms with van der Waals surface area (Å²) < 4.78 is 23.5. The van der Waals surface area contributed by atoms with Gasteiger partial charge in [-0.15, -0.1) is 0 Å². The maximum absolute atomic E-state index is 11.4. The number of benzene rings is 1. The summed E-state index contributed by atoms with van der Waals surface area (Å²) in [5.74, 6) is 1.14. The van der Waals surface area contributed by atoms with Crippen LogP contribution in [0.5, 0.6) is 0 Å². The Morgan fingerprint density at radius 3 is 2.38 bits per heavy atom. The van der Waals surface area contributed by atoms with Crippen LogP contribution in [-0.4, -0.2) is 47.6 Å². The van der Waals surface area contributed by atoms with Gasteiger partial charge in [-0.3, -0.25) is 0 Å². The topological polar surface area (TPSA) is 91.0 Å². The van der Waals surface area contributed by atoms with Crippen molar-refractivity contribution in [2.45, 2.75) is 91.1 Å².